The number of pyridine rings is 2. The van der Waals surface area contributed by atoms with E-state index in [0.717, 1.165) is 37.3 Å². The van der Waals surface area contributed by atoms with Gasteiger partial charge in [0.05, 0.1) is 35.1 Å². The fraction of sp³-hybridized carbons (Fsp3) is 0.333. The van der Waals surface area contributed by atoms with Gasteiger partial charge in [0.25, 0.3) is 0 Å². The van der Waals surface area contributed by atoms with Gasteiger partial charge >= 0.3 is 0 Å². The third-order valence-electron chi connectivity index (χ3n) is 6.98. The molecule has 0 saturated carbocycles. The second-order valence-electron chi connectivity index (χ2n) is 9.22. The lowest BCUT2D eigenvalue weighted by molar-refractivity contribution is 0.115. The minimum atomic E-state index is -1.58. The summed E-state index contributed by atoms with van der Waals surface area (Å²) in [6, 6.07) is 9.33. The van der Waals surface area contributed by atoms with Crippen molar-refractivity contribution in [2.24, 2.45) is 7.05 Å². The van der Waals surface area contributed by atoms with Crippen LogP contribution in [0.2, 0.25) is 5.02 Å². The van der Waals surface area contributed by atoms with Crippen LogP contribution in [-0.2, 0) is 12.6 Å². The van der Waals surface area contributed by atoms with Gasteiger partial charge in [-0.05, 0) is 50.5 Å². The van der Waals surface area contributed by atoms with Gasteiger partial charge in [0.2, 0.25) is 5.88 Å². The van der Waals surface area contributed by atoms with Crippen molar-refractivity contribution in [1.29, 1.82) is 0 Å². The van der Waals surface area contributed by atoms with Crippen molar-refractivity contribution in [1.82, 2.24) is 29.9 Å². The number of halogens is 1. The van der Waals surface area contributed by atoms with Gasteiger partial charge in [-0.25, -0.2) is 9.67 Å². The molecule has 1 saturated heterocycles. The average molecular weight is 505 g/mol. The molecule has 8 nitrogen and oxygen atoms in total. The second-order valence-corrected chi connectivity index (χ2v) is 9.60. The summed E-state index contributed by atoms with van der Waals surface area (Å²) < 4.78 is 7.19. The molecule has 4 heterocycles. The summed E-state index contributed by atoms with van der Waals surface area (Å²) in [5.41, 5.74) is 3.86. The van der Waals surface area contributed by atoms with Gasteiger partial charge in [-0.1, -0.05) is 35.5 Å². The quantitative estimate of drug-likeness (QED) is 0.416. The standard InChI is InChI=1S/C27H29ClN6O2/c1-16-8-10-21(17(2)30-16)27(35,23-15-29-32-33(23)4)19-9-11-22-20(14-19)25(28)24(26(31-22)36-5)18(3)34-12-6-7-13-34/h8-11,14-15,35H,3,6-7,12-13H2,1-2,4-5H3. The monoisotopic (exact) mass is 504 g/mol. The van der Waals surface area contributed by atoms with E-state index in [1.807, 2.05) is 44.2 Å². The number of nitrogens with zero attached hydrogens (tertiary/aromatic N) is 6. The Kier molecular flexibility index (Phi) is 6.18. The molecule has 0 amide bonds. The van der Waals surface area contributed by atoms with E-state index in [0.29, 0.717) is 49.9 Å². The minimum absolute atomic E-state index is 0.432. The smallest absolute Gasteiger partial charge is 0.224 e. The summed E-state index contributed by atoms with van der Waals surface area (Å²) >= 11 is 7.04. The molecular formula is C27H29ClN6O2. The molecule has 0 radical (unpaired) electrons. The number of likely N-dealkylation sites (tertiary alicyclic amines) is 1. The number of methoxy groups -OCH3 is 1. The molecule has 36 heavy (non-hydrogen) atoms. The van der Waals surface area contributed by atoms with Crippen molar-refractivity contribution in [3.8, 4) is 5.88 Å². The van der Waals surface area contributed by atoms with Crippen LogP contribution in [0, 0.1) is 13.8 Å². The molecule has 9 heteroatoms. The molecule has 0 aliphatic carbocycles. The number of hydrogen-bond donors (Lipinski definition) is 1. The van der Waals surface area contributed by atoms with Crippen LogP contribution < -0.4 is 4.74 Å². The van der Waals surface area contributed by atoms with Gasteiger partial charge in [-0.3, -0.25) is 4.98 Å². The zero-order valence-corrected chi connectivity index (χ0v) is 21.7. The first-order chi connectivity index (χ1) is 17.3. The maximum Gasteiger partial charge on any atom is 0.224 e. The Morgan fingerprint density at radius 3 is 2.53 bits per heavy atom. The summed E-state index contributed by atoms with van der Waals surface area (Å²) in [5, 5.41) is 21.7. The maximum atomic E-state index is 12.4. The SMILES string of the molecule is C=C(c1c(OC)nc2ccc(C(O)(c3ccc(C)nc3C)c3cnnn3C)cc2c1Cl)N1CCCC1. The molecule has 4 aromatic rings. The molecule has 0 spiro atoms. The number of rotatable bonds is 6. The van der Waals surface area contributed by atoms with Gasteiger partial charge in [0.15, 0.2) is 5.60 Å². The summed E-state index contributed by atoms with van der Waals surface area (Å²) in [6.45, 7) is 9.96. The first-order valence-corrected chi connectivity index (χ1v) is 12.3. The van der Waals surface area contributed by atoms with Crippen LogP contribution in [0.5, 0.6) is 5.88 Å². The van der Waals surface area contributed by atoms with Crippen molar-refractivity contribution in [2.45, 2.75) is 32.3 Å². The average Bonchev–Trinajstić information content (AvgIpc) is 3.55. The summed E-state index contributed by atoms with van der Waals surface area (Å²) in [7, 11) is 3.34. The van der Waals surface area contributed by atoms with E-state index in [1.54, 1.807) is 25.0 Å². The van der Waals surface area contributed by atoms with E-state index in [2.05, 4.69) is 26.8 Å². The van der Waals surface area contributed by atoms with E-state index < -0.39 is 5.60 Å². The van der Waals surface area contributed by atoms with Crippen molar-refractivity contribution >= 4 is 28.2 Å². The highest BCUT2D eigenvalue weighted by molar-refractivity contribution is 6.37. The topological polar surface area (TPSA) is 89.2 Å². The zero-order valence-electron chi connectivity index (χ0n) is 20.9. The van der Waals surface area contributed by atoms with Crippen LogP contribution in [0.3, 0.4) is 0 Å². The first kappa shape index (κ1) is 24.2. The van der Waals surface area contributed by atoms with Crippen LogP contribution in [0.4, 0.5) is 0 Å². The second kappa shape index (κ2) is 9.19. The Balaban J connectivity index is 1.75. The predicted octanol–water partition coefficient (Wildman–Crippen LogP) is 4.39. The van der Waals surface area contributed by atoms with Crippen LogP contribution >= 0.6 is 11.6 Å². The summed E-state index contributed by atoms with van der Waals surface area (Å²) in [6.07, 6.45) is 3.79. The third-order valence-corrected chi connectivity index (χ3v) is 7.37. The highest BCUT2D eigenvalue weighted by atomic mass is 35.5. The normalized spacial score (nSPS) is 15.3. The number of aryl methyl sites for hydroxylation is 3. The van der Waals surface area contributed by atoms with Crippen LogP contribution in [0.1, 0.15) is 46.6 Å². The van der Waals surface area contributed by atoms with Gasteiger partial charge in [0.1, 0.15) is 0 Å². The fourth-order valence-electron chi connectivity index (χ4n) is 5.10. The lowest BCUT2D eigenvalue weighted by atomic mass is 9.82. The van der Waals surface area contributed by atoms with Crippen LogP contribution in [0.25, 0.3) is 16.6 Å². The van der Waals surface area contributed by atoms with E-state index in [-0.39, 0.29) is 0 Å². The van der Waals surface area contributed by atoms with Crippen LogP contribution in [0.15, 0.2) is 43.1 Å². The molecule has 1 atom stereocenters. The molecule has 3 aromatic heterocycles. The van der Waals surface area contributed by atoms with Crippen molar-refractivity contribution in [3.05, 3.63) is 81.9 Å². The molecular weight excluding hydrogens is 476 g/mol. The maximum absolute atomic E-state index is 12.4. The predicted molar refractivity (Wildman–Crippen MR) is 140 cm³/mol. The van der Waals surface area contributed by atoms with Gasteiger partial charge in [-0.15, -0.1) is 5.10 Å². The molecule has 1 N–H and O–H groups in total. The number of aromatic nitrogens is 5. The molecule has 1 fully saturated rings. The van der Waals surface area contributed by atoms with E-state index in [1.165, 1.54) is 0 Å². The third kappa shape index (κ3) is 3.81. The number of benzene rings is 1. The minimum Gasteiger partial charge on any atom is -0.480 e. The Bertz CT molecular complexity index is 1480. The zero-order chi connectivity index (χ0) is 25.6. The highest BCUT2D eigenvalue weighted by Gasteiger charge is 2.39. The Labute approximate surface area is 215 Å². The molecule has 1 aromatic carbocycles. The van der Waals surface area contributed by atoms with Gasteiger partial charge in [-0.2, -0.15) is 0 Å². The summed E-state index contributed by atoms with van der Waals surface area (Å²) in [4.78, 5) is 11.5. The molecule has 1 aliphatic rings. The molecule has 1 aliphatic heterocycles. The Morgan fingerprint density at radius 1 is 1.14 bits per heavy atom. The number of fused-ring (bicyclic) bond motifs is 1. The van der Waals surface area contributed by atoms with Crippen molar-refractivity contribution in [2.75, 3.05) is 20.2 Å². The lowest BCUT2D eigenvalue weighted by Gasteiger charge is -2.30. The molecule has 0 bridgehead atoms. The molecule has 1 unspecified atom stereocenters. The van der Waals surface area contributed by atoms with Gasteiger partial charge in [0, 0.05) is 48.2 Å². The Morgan fingerprint density at radius 2 is 1.89 bits per heavy atom. The highest BCUT2D eigenvalue weighted by Crippen LogP contribution is 2.42. The van der Waals surface area contributed by atoms with Crippen molar-refractivity contribution in [3.63, 3.8) is 0 Å². The Hall–Kier alpha value is -3.49. The molecule has 5 rings (SSSR count). The molecule has 186 valence electrons. The summed E-state index contributed by atoms with van der Waals surface area (Å²) in [5.74, 6) is 0.432. The fourth-order valence-corrected chi connectivity index (χ4v) is 5.44. The number of hydrogen-bond acceptors (Lipinski definition) is 7. The lowest BCUT2D eigenvalue weighted by Crippen LogP contribution is -2.32. The largest absolute Gasteiger partial charge is 0.480 e. The van der Waals surface area contributed by atoms with E-state index in [4.69, 9.17) is 21.3 Å². The van der Waals surface area contributed by atoms with Crippen molar-refractivity contribution < 1.29 is 9.84 Å². The number of ether oxygens (including phenoxy) is 1. The van der Waals surface area contributed by atoms with E-state index >= 15 is 0 Å². The van der Waals surface area contributed by atoms with E-state index in [9.17, 15) is 5.11 Å². The van der Waals surface area contributed by atoms with Crippen LogP contribution in [-0.4, -0.2) is 55.2 Å². The number of aliphatic hydroxyl groups is 1. The first-order valence-electron chi connectivity index (χ1n) is 11.9. The van der Waals surface area contributed by atoms with Gasteiger partial charge < -0.3 is 14.7 Å².